The molecule has 1 aliphatic rings. The van der Waals surface area contributed by atoms with Crippen LogP contribution in [0.5, 0.6) is 0 Å². The summed E-state index contributed by atoms with van der Waals surface area (Å²) in [5.41, 5.74) is 5.21. The van der Waals surface area contributed by atoms with Crippen molar-refractivity contribution < 1.29 is 22.8 Å². The molecule has 0 spiro atoms. The van der Waals surface area contributed by atoms with Crippen molar-refractivity contribution in [2.75, 3.05) is 17.7 Å². The summed E-state index contributed by atoms with van der Waals surface area (Å²) >= 11 is 0. The molecule has 5 N–H and O–H groups in total. The highest BCUT2D eigenvalue weighted by molar-refractivity contribution is 5.99. The van der Waals surface area contributed by atoms with Gasteiger partial charge in [-0.15, -0.1) is 0 Å². The molecule has 1 aliphatic carbocycles. The molecule has 0 aliphatic heterocycles. The van der Waals surface area contributed by atoms with Crippen molar-refractivity contribution in [3.63, 3.8) is 0 Å². The number of nitrogens with one attached hydrogen (secondary N) is 3. The highest BCUT2D eigenvalue weighted by Gasteiger charge is 2.32. The van der Waals surface area contributed by atoms with E-state index in [4.69, 9.17) is 5.73 Å². The zero-order valence-electron chi connectivity index (χ0n) is 16.7. The molecular formula is C19H22F3N7O2. The van der Waals surface area contributed by atoms with Crippen LogP contribution in [0.4, 0.5) is 30.6 Å². The quantitative estimate of drug-likeness (QED) is 0.545. The summed E-state index contributed by atoms with van der Waals surface area (Å²) in [7, 11) is 1.47. The summed E-state index contributed by atoms with van der Waals surface area (Å²) < 4.78 is 38.0. The van der Waals surface area contributed by atoms with Gasteiger partial charge in [0.1, 0.15) is 5.82 Å². The average molecular weight is 437 g/mol. The van der Waals surface area contributed by atoms with Crippen LogP contribution in [-0.2, 0) is 11.0 Å². The van der Waals surface area contributed by atoms with Crippen LogP contribution in [0.15, 0.2) is 24.7 Å². The van der Waals surface area contributed by atoms with Gasteiger partial charge in [-0.3, -0.25) is 9.59 Å². The van der Waals surface area contributed by atoms with Gasteiger partial charge in [0, 0.05) is 37.7 Å². The number of carbonyl (C=O) groups is 2. The number of pyridine rings is 1. The molecule has 1 saturated carbocycles. The van der Waals surface area contributed by atoms with Crippen LogP contribution in [0.2, 0.25) is 0 Å². The zero-order chi connectivity index (χ0) is 22.6. The van der Waals surface area contributed by atoms with Crippen molar-refractivity contribution in [1.29, 1.82) is 0 Å². The molecule has 2 atom stereocenters. The standard InChI is InChI=1S/C19H22F3N7O2/c1-24-17(31)12-9-25-15(29-18-26-7-10(8-27-18)19(20,21)22)6-14(12)28-13-5-3-2-4-11(13)16(23)30/h6-9,11,13H,2-5H2,1H3,(H2,23,30)(H,24,31)(H2,25,26,27,28,29)/t11-,13+/m0/s1. The number of nitrogens with two attached hydrogens (primary N) is 1. The molecule has 3 rings (SSSR count). The van der Waals surface area contributed by atoms with Crippen LogP contribution in [0, 0.1) is 5.92 Å². The van der Waals surface area contributed by atoms with Crippen LogP contribution < -0.4 is 21.7 Å². The first-order valence-electron chi connectivity index (χ1n) is 9.63. The number of hydrogen-bond donors (Lipinski definition) is 4. The van der Waals surface area contributed by atoms with E-state index in [1.807, 2.05) is 0 Å². The van der Waals surface area contributed by atoms with Gasteiger partial charge < -0.3 is 21.7 Å². The lowest BCUT2D eigenvalue weighted by atomic mass is 9.84. The molecule has 2 aromatic heterocycles. The molecule has 2 heterocycles. The second-order valence-electron chi connectivity index (χ2n) is 7.16. The van der Waals surface area contributed by atoms with Crippen LogP contribution in [-0.4, -0.2) is 39.9 Å². The maximum atomic E-state index is 12.7. The number of aromatic nitrogens is 3. The maximum absolute atomic E-state index is 12.7. The maximum Gasteiger partial charge on any atom is 0.419 e. The average Bonchev–Trinajstić information content (AvgIpc) is 2.73. The van der Waals surface area contributed by atoms with E-state index in [9.17, 15) is 22.8 Å². The number of anilines is 3. The Balaban J connectivity index is 1.86. The van der Waals surface area contributed by atoms with Crippen molar-refractivity contribution in [2.24, 2.45) is 11.7 Å². The number of alkyl halides is 3. The molecule has 0 radical (unpaired) electrons. The van der Waals surface area contributed by atoms with Crippen molar-refractivity contribution in [2.45, 2.75) is 37.9 Å². The molecule has 2 aromatic rings. The van der Waals surface area contributed by atoms with Gasteiger partial charge in [-0.2, -0.15) is 13.2 Å². The summed E-state index contributed by atoms with van der Waals surface area (Å²) in [4.78, 5) is 35.5. The van der Waals surface area contributed by atoms with Crippen molar-refractivity contribution in [3.8, 4) is 0 Å². The second kappa shape index (κ2) is 9.14. The Morgan fingerprint density at radius 1 is 1.10 bits per heavy atom. The first-order chi connectivity index (χ1) is 14.7. The molecule has 0 saturated heterocycles. The van der Waals surface area contributed by atoms with E-state index < -0.39 is 23.6 Å². The van der Waals surface area contributed by atoms with E-state index >= 15 is 0 Å². The third-order valence-electron chi connectivity index (χ3n) is 5.07. The summed E-state index contributed by atoms with van der Waals surface area (Å²) in [5, 5.41) is 8.45. The molecule has 1 fully saturated rings. The summed E-state index contributed by atoms with van der Waals surface area (Å²) in [5.74, 6) is -1.06. The Morgan fingerprint density at radius 2 is 1.77 bits per heavy atom. The lowest BCUT2D eigenvalue weighted by Gasteiger charge is -2.31. The van der Waals surface area contributed by atoms with Gasteiger partial charge in [0.15, 0.2) is 0 Å². The largest absolute Gasteiger partial charge is 0.419 e. The molecule has 9 nitrogen and oxygen atoms in total. The van der Waals surface area contributed by atoms with Crippen molar-refractivity contribution in [3.05, 3.63) is 35.8 Å². The fourth-order valence-electron chi connectivity index (χ4n) is 3.46. The van der Waals surface area contributed by atoms with E-state index in [2.05, 4.69) is 30.9 Å². The fourth-order valence-corrected chi connectivity index (χ4v) is 3.46. The predicted octanol–water partition coefficient (Wildman–Crippen LogP) is 2.45. The summed E-state index contributed by atoms with van der Waals surface area (Å²) in [6.45, 7) is 0. The highest BCUT2D eigenvalue weighted by atomic mass is 19.4. The van der Waals surface area contributed by atoms with E-state index in [1.54, 1.807) is 0 Å². The van der Waals surface area contributed by atoms with Gasteiger partial charge in [-0.1, -0.05) is 12.8 Å². The third-order valence-corrected chi connectivity index (χ3v) is 5.07. The topological polar surface area (TPSA) is 135 Å². The van der Waals surface area contributed by atoms with Crippen LogP contribution in [0.25, 0.3) is 0 Å². The van der Waals surface area contributed by atoms with Crippen LogP contribution in [0.3, 0.4) is 0 Å². The molecule has 2 amide bonds. The smallest absolute Gasteiger partial charge is 0.381 e. The molecule has 31 heavy (non-hydrogen) atoms. The van der Waals surface area contributed by atoms with Gasteiger partial charge in [0.05, 0.1) is 22.7 Å². The molecule has 12 heteroatoms. The van der Waals surface area contributed by atoms with Crippen molar-refractivity contribution in [1.82, 2.24) is 20.3 Å². The monoisotopic (exact) mass is 437 g/mol. The minimum absolute atomic E-state index is 0.0909. The molecule has 166 valence electrons. The molecular weight excluding hydrogens is 415 g/mol. The minimum atomic E-state index is -4.54. The third kappa shape index (κ3) is 5.38. The van der Waals surface area contributed by atoms with Crippen molar-refractivity contribution >= 4 is 29.3 Å². The number of amides is 2. The van der Waals surface area contributed by atoms with E-state index in [1.165, 1.54) is 19.3 Å². The zero-order valence-corrected chi connectivity index (χ0v) is 16.7. The first kappa shape index (κ1) is 22.2. The van der Waals surface area contributed by atoms with E-state index in [0.717, 1.165) is 12.8 Å². The number of primary amides is 1. The Bertz CT molecular complexity index is 951. The molecule has 0 bridgehead atoms. The van der Waals surface area contributed by atoms with Gasteiger partial charge in [-0.05, 0) is 12.8 Å². The second-order valence-corrected chi connectivity index (χ2v) is 7.16. The highest BCUT2D eigenvalue weighted by Crippen LogP contribution is 2.30. The number of halogens is 3. The lowest BCUT2D eigenvalue weighted by molar-refractivity contribution is -0.138. The summed E-state index contributed by atoms with van der Waals surface area (Å²) in [6, 6.07) is 1.25. The van der Waals surface area contributed by atoms with Crippen LogP contribution in [0.1, 0.15) is 41.6 Å². The number of rotatable bonds is 6. The van der Waals surface area contributed by atoms with E-state index in [0.29, 0.717) is 30.9 Å². The molecule has 0 aromatic carbocycles. The number of nitrogens with zero attached hydrogens (tertiary/aromatic N) is 3. The van der Waals surface area contributed by atoms with Crippen LogP contribution >= 0.6 is 0 Å². The summed E-state index contributed by atoms with van der Waals surface area (Å²) in [6.07, 6.45) is 1.25. The lowest BCUT2D eigenvalue weighted by Crippen LogP contribution is -2.41. The van der Waals surface area contributed by atoms with Gasteiger partial charge in [0.25, 0.3) is 5.91 Å². The molecule has 0 unspecified atom stereocenters. The predicted molar refractivity (Wildman–Crippen MR) is 107 cm³/mol. The minimum Gasteiger partial charge on any atom is -0.381 e. The number of hydrogen-bond acceptors (Lipinski definition) is 7. The van der Waals surface area contributed by atoms with Gasteiger partial charge in [0.2, 0.25) is 11.9 Å². The fraction of sp³-hybridized carbons (Fsp3) is 0.421. The first-order valence-corrected chi connectivity index (χ1v) is 9.63. The normalized spacial score (nSPS) is 18.8. The van der Waals surface area contributed by atoms with E-state index in [-0.39, 0.29) is 29.3 Å². The van der Waals surface area contributed by atoms with Gasteiger partial charge >= 0.3 is 6.18 Å². The Labute approximate surface area is 176 Å². The number of carbonyl (C=O) groups excluding carboxylic acids is 2. The Kier molecular flexibility index (Phi) is 6.56. The Hall–Kier alpha value is -3.44. The van der Waals surface area contributed by atoms with Gasteiger partial charge in [-0.25, -0.2) is 15.0 Å². The Morgan fingerprint density at radius 3 is 2.39 bits per heavy atom. The SMILES string of the molecule is CNC(=O)c1cnc(Nc2ncc(C(F)(F)F)cn2)cc1N[C@@H]1CCCC[C@@H]1C(N)=O.